The third-order valence-electron chi connectivity index (χ3n) is 9.14. The Hall–Kier alpha value is -1.82. The SMILES string of the molecule is CC(CCC(CN)C(C)C)NS(=O)(=O)c1ccc(C(C)(C)C)cc1.Cc1ccc(S(=O)(=O)NC(CCC(CN)C(C)C)C(C)C)cc1. The molecule has 10 heteroatoms. The molecule has 0 amide bonds. The van der Waals surface area contributed by atoms with Gasteiger partial charge in [-0.2, -0.15) is 0 Å². The summed E-state index contributed by atoms with van der Waals surface area (Å²) in [6.45, 7) is 24.2. The second-order valence-corrected chi connectivity index (χ2v) is 18.6. The van der Waals surface area contributed by atoms with Gasteiger partial charge in [-0.05, 0) is 117 Å². The molecule has 0 radical (unpaired) electrons. The predicted molar refractivity (Wildman–Crippen MR) is 198 cm³/mol. The van der Waals surface area contributed by atoms with Crippen LogP contribution >= 0.6 is 0 Å². The lowest BCUT2D eigenvalue weighted by Gasteiger charge is -2.26. The topological polar surface area (TPSA) is 144 Å². The lowest BCUT2D eigenvalue weighted by atomic mass is 9.87. The van der Waals surface area contributed by atoms with E-state index < -0.39 is 20.0 Å². The van der Waals surface area contributed by atoms with Crippen LogP contribution in [0.25, 0.3) is 0 Å². The average Bonchev–Trinajstić information content (AvgIpc) is 2.96. The number of hydrogen-bond donors (Lipinski definition) is 4. The summed E-state index contributed by atoms with van der Waals surface area (Å²) in [5, 5.41) is 0. The third kappa shape index (κ3) is 15.1. The molecule has 0 aromatic heterocycles. The second-order valence-electron chi connectivity index (χ2n) is 15.2. The van der Waals surface area contributed by atoms with Crippen LogP contribution < -0.4 is 20.9 Å². The van der Waals surface area contributed by atoms with Crippen molar-refractivity contribution < 1.29 is 16.8 Å². The molecule has 2 aromatic carbocycles. The molecule has 0 heterocycles. The Balaban J connectivity index is 0.000000470. The van der Waals surface area contributed by atoms with E-state index in [1.54, 1.807) is 24.3 Å². The minimum absolute atomic E-state index is 0.0110. The van der Waals surface area contributed by atoms with E-state index in [0.717, 1.165) is 36.8 Å². The normalized spacial score (nSPS) is 15.3. The van der Waals surface area contributed by atoms with Crippen LogP contribution in [0.2, 0.25) is 0 Å². The first kappa shape index (κ1) is 43.2. The van der Waals surface area contributed by atoms with Gasteiger partial charge in [0.15, 0.2) is 0 Å². The van der Waals surface area contributed by atoms with Gasteiger partial charge in [0.25, 0.3) is 0 Å². The van der Waals surface area contributed by atoms with Gasteiger partial charge >= 0.3 is 0 Å². The van der Waals surface area contributed by atoms with E-state index in [4.69, 9.17) is 11.5 Å². The molecule has 0 saturated heterocycles. The maximum Gasteiger partial charge on any atom is 0.240 e. The van der Waals surface area contributed by atoms with E-state index in [1.165, 1.54) is 0 Å². The molecule has 2 aromatic rings. The lowest BCUT2D eigenvalue weighted by molar-refractivity contribution is 0.319. The summed E-state index contributed by atoms with van der Waals surface area (Å²) in [6, 6.07) is 13.9. The van der Waals surface area contributed by atoms with Gasteiger partial charge in [0.2, 0.25) is 20.0 Å². The zero-order valence-corrected chi connectivity index (χ0v) is 32.6. The van der Waals surface area contributed by atoms with E-state index in [-0.39, 0.29) is 23.4 Å². The van der Waals surface area contributed by atoms with Gasteiger partial charge in [-0.1, -0.05) is 92.1 Å². The fraction of sp³-hybridized carbons (Fsp3) is 0.676. The van der Waals surface area contributed by atoms with E-state index in [2.05, 4.69) is 71.8 Å². The van der Waals surface area contributed by atoms with Gasteiger partial charge in [-0.15, -0.1) is 0 Å². The highest BCUT2D eigenvalue weighted by molar-refractivity contribution is 7.89. The van der Waals surface area contributed by atoms with E-state index in [9.17, 15) is 16.8 Å². The number of sulfonamides is 2. The van der Waals surface area contributed by atoms with Crippen LogP contribution in [0.4, 0.5) is 0 Å². The van der Waals surface area contributed by atoms with Crippen LogP contribution in [0.1, 0.15) is 106 Å². The Morgan fingerprint density at radius 3 is 1.38 bits per heavy atom. The van der Waals surface area contributed by atoms with Crippen molar-refractivity contribution in [3.8, 4) is 0 Å². The van der Waals surface area contributed by atoms with Gasteiger partial charge in [-0.25, -0.2) is 26.3 Å². The number of rotatable bonds is 17. The first-order valence-electron chi connectivity index (χ1n) is 17.3. The van der Waals surface area contributed by atoms with Crippen LogP contribution in [0.15, 0.2) is 58.3 Å². The summed E-state index contributed by atoms with van der Waals surface area (Å²) >= 11 is 0. The van der Waals surface area contributed by atoms with Crippen molar-refractivity contribution in [2.75, 3.05) is 13.1 Å². The fourth-order valence-corrected chi connectivity index (χ4v) is 8.04. The summed E-state index contributed by atoms with van der Waals surface area (Å²) in [4.78, 5) is 0.648. The third-order valence-corrected chi connectivity index (χ3v) is 12.3. The van der Waals surface area contributed by atoms with Crippen LogP contribution in [0.3, 0.4) is 0 Å². The van der Waals surface area contributed by atoms with Crippen LogP contribution in [0, 0.1) is 36.5 Å². The molecule has 270 valence electrons. The monoisotopic (exact) mass is 694 g/mol. The van der Waals surface area contributed by atoms with Crippen molar-refractivity contribution in [3.05, 3.63) is 59.7 Å². The highest BCUT2D eigenvalue weighted by atomic mass is 32.2. The molecule has 0 aliphatic carbocycles. The molecule has 0 aliphatic rings. The molecule has 4 unspecified atom stereocenters. The molecule has 8 nitrogen and oxygen atoms in total. The Labute approximate surface area is 288 Å². The highest BCUT2D eigenvalue weighted by Crippen LogP contribution is 2.24. The molecule has 6 N–H and O–H groups in total. The maximum absolute atomic E-state index is 12.6. The van der Waals surface area contributed by atoms with E-state index >= 15 is 0 Å². The molecular formula is C37H66N4O4S2. The molecule has 4 atom stereocenters. The van der Waals surface area contributed by atoms with Crippen LogP contribution in [-0.2, 0) is 25.5 Å². The molecule has 0 spiro atoms. The Bertz CT molecular complexity index is 1380. The van der Waals surface area contributed by atoms with Crippen molar-refractivity contribution in [2.24, 2.45) is 41.1 Å². The molecular weight excluding hydrogens is 629 g/mol. The van der Waals surface area contributed by atoms with Crippen molar-refractivity contribution in [1.29, 1.82) is 0 Å². The number of nitrogens with one attached hydrogen (secondary N) is 2. The summed E-state index contributed by atoms with van der Waals surface area (Å²) in [5.41, 5.74) is 13.8. The van der Waals surface area contributed by atoms with Gasteiger partial charge in [0, 0.05) is 12.1 Å². The molecule has 0 saturated carbocycles. The summed E-state index contributed by atoms with van der Waals surface area (Å²) < 4.78 is 55.8. The molecule has 0 bridgehead atoms. The molecule has 0 fully saturated rings. The van der Waals surface area contributed by atoms with Crippen molar-refractivity contribution >= 4 is 20.0 Å². The first-order chi connectivity index (χ1) is 21.6. The lowest BCUT2D eigenvalue weighted by Crippen LogP contribution is -2.39. The Morgan fingerprint density at radius 2 is 1.00 bits per heavy atom. The van der Waals surface area contributed by atoms with Gasteiger partial charge in [0.1, 0.15) is 0 Å². The van der Waals surface area contributed by atoms with E-state index in [0.29, 0.717) is 46.6 Å². The van der Waals surface area contributed by atoms with Crippen LogP contribution in [0.5, 0.6) is 0 Å². The number of hydrogen-bond acceptors (Lipinski definition) is 6. The van der Waals surface area contributed by atoms with Gasteiger partial charge in [-0.3, -0.25) is 0 Å². The smallest absolute Gasteiger partial charge is 0.240 e. The highest BCUT2D eigenvalue weighted by Gasteiger charge is 2.24. The maximum atomic E-state index is 12.6. The summed E-state index contributed by atoms with van der Waals surface area (Å²) in [5.74, 6) is 2.13. The zero-order valence-electron chi connectivity index (χ0n) is 31.0. The first-order valence-corrected chi connectivity index (χ1v) is 20.2. The minimum atomic E-state index is -3.48. The van der Waals surface area contributed by atoms with Gasteiger partial charge < -0.3 is 11.5 Å². The van der Waals surface area contributed by atoms with Crippen molar-refractivity contribution in [1.82, 2.24) is 9.44 Å². The average molecular weight is 695 g/mol. The van der Waals surface area contributed by atoms with Crippen molar-refractivity contribution in [2.45, 2.75) is 129 Å². The number of nitrogens with two attached hydrogens (primary N) is 2. The minimum Gasteiger partial charge on any atom is -0.330 e. The molecule has 0 aliphatic heterocycles. The predicted octanol–water partition coefficient (Wildman–Crippen LogP) is 6.97. The largest absolute Gasteiger partial charge is 0.330 e. The van der Waals surface area contributed by atoms with Crippen molar-refractivity contribution in [3.63, 3.8) is 0 Å². The number of benzene rings is 2. The second kappa shape index (κ2) is 19.4. The standard InChI is InChI=1S/C19H34N2O2S.C18H32N2O2S/c1-14(2)16(13-20)8-7-15(3)21-24(22,23)18-11-9-17(10-12-18)19(4,5)6;1-13(2)16(12-19)8-11-18(14(3)4)20-23(21,22)17-9-6-15(5)7-10-17/h9-12,14-16,21H,7-8,13,20H2,1-6H3;6-7,9-10,13-14,16,18,20H,8,11-12,19H2,1-5H3. The summed E-state index contributed by atoms with van der Waals surface area (Å²) in [7, 11) is -6.96. The molecule has 47 heavy (non-hydrogen) atoms. The van der Waals surface area contributed by atoms with E-state index in [1.807, 2.05) is 38.1 Å². The summed E-state index contributed by atoms with van der Waals surface area (Å²) in [6.07, 6.45) is 3.47. The Kier molecular flexibility index (Phi) is 17.8. The quantitative estimate of drug-likeness (QED) is 0.141. The molecule has 2 rings (SSSR count). The fourth-order valence-electron chi connectivity index (χ4n) is 5.34. The van der Waals surface area contributed by atoms with Crippen LogP contribution in [-0.4, -0.2) is 42.0 Å². The Morgan fingerprint density at radius 1 is 0.596 bits per heavy atom. The van der Waals surface area contributed by atoms with Gasteiger partial charge in [0.05, 0.1) is 9.79 Å². The number of aryl methyl sites for hydroxylation is 1. The zero-order chi connectivity index (χ0) is 36.2.